The average Bonchev–Trinajstić information content (AvgIpc) is 2.92. The van der Waals surface area contributed by atoms with E-state index in [0.717, 1.165) is 0 Å². The topological polar surface area (TPSA) is 79.0 Å². The molecule has 1 unspecified atom stereocenters. The van der Waals surface area contributed by atoms with E-state index in [9.17, 15) is 18.8 Å². The van der Waals surface area contributed by atoms with E-state index in [-0.39, 0.29) is 11.8 Å². The fourth-order valence-corrected chi connectivity index (χ4v) is 3.70. The number of nitrogens with one attached hydrogen (secondary N) is 1. The summed E-state index contributed by atoms with van der Waals surface area (Å²) in [5, 5.41) is 2.77. The summed E-state index contributed by atoms with van der Waals surface area (Å²) in [7, 11) is 0. The van der Waals surface area contributed by atoms with Crippen molar-refractivity contribution < 1.29 is 23.5 Å². The second-order valence-electron chi connectivity index (χ2n) is 9.15. The van der Waals surface area contributed by atoms with Crippen LogP contribution < -0.4 is 5.32 Å². The lowest BCUT2D eigenvalue weighted by molar-refractivity contribution is -0.138. The van der Waals surface area contributed by atoms with Crippen LogP contribution in [0.25, 0.3) is 0 Å². The van der Waals surface area contributed by atoms with Crippen LogP contribution in [0.2, 0.25) is 0 Å². The third-order valence-electron chi connectivity index (χ3n) is 5.16. The first-order valence-corrected chi connectivity index (χ1v) is 10.8. The van der Waals surface area contributed by atoms with Crippen molar-refractivity contribution in [3.63, 3.8) is 0 Å². The highest BCUT2D eigenvalue weighted by Crippen LogP contribution is 2.20. The molecule has 1 heterocycles. The number of amides is 3. The van der Waals surface area contributed by atoms with Gasteiger partial charge in [0.05, 0.1) is 0 Å². The maximum absolute atomic E-state index is 13.4. The van der Waals surface area contributed by atoms with E-state index >= 15 is 0 Å². The number of benzene rings is 1. The van der Waals surface area contributed by atoms with Crippen molar-refractivity contribution in [1.29, 1.82) is 0 Å². The normalized spacial score (nSPS) is 16.8. The van der Waals surface area contributed by atoms with E-state index in [1.807, 2.05) is 6.92 Å². The maximum Gasteiger partial charge on any atom is 0.408 e. The predicted octanol–water partition coefficient (Wildman–Crippen LogP) is 3.58. The third-order valence-corrected chi connectivity index (χ3v) is 5.16. The standard InChI is InChI=1S/C23H34FN3O4/c1-6-12-23(5,25-21(30)31-22(2,3)4)20(29)27-14-7-13-26(15-16-27)19(28)17-8-10-18(24)11-9-17/h8-11H,6-7,12-16H2,1-5H3,(H,25,30). The molecule has 7 nitrogen and oxygen atoms in total. The Balaban J connectivity index is 2.06. The first kappa shape index (κ1) is 24.6. The van der Waals surface area contributed by atoms with Gasteiger partial charge in [-0.15, -0.1) is 0 Å². The molecule has 3 amide bonds. The molecular formula is C23H34FN3O4. The van der Waals surface area contributed by atoms with Crippen molar-refractivity contribution in [3.8, 4) is 0 Å². The molecule has 1 aliphatic heterocycles. The summed E-state index contributed by atoms with van der Waals surface area (Å²) < 4.78 is 18.5. The van der Waals surface area contributed by atoms with Crippen LogP contribution in [0, 0.1) is 5.82 Å². The smallest absolute Gasteiger partial charge is 0.408 e. The van der Waals surface area contributed by atoms with E-state index in [2.05, 4.69) is 5.32 Å². The van der Waals surface area contributed by atoms with Crippen LogP contribution in [0.1, 0.15) is 64.2 Å². The Morgan fingerprint density at radius 1 is 1.00 bits per heavy atom. The van der Waals surface area contributed by atoms with Crippen LogP contribution in [0.5, 0.6) is 0 Å². The van der Waals surface area contributed by atoms with Crippen molar-refractivity contribution in [1.82, 2.24) is 15.1 Å². The second kappa shape index (κ2) is 10.1. The molecule has 31 heavy (non-hydrogen) atoms. The monoisotopic (exact) mass is 435 g/mol. The van der Waals surface area contributed by atoms with E-state index in [4.69, 9.17) is 4.74 Å². The fraction of sp³-hybridized carbons (Fsp3) is 0.609. The minimum absolute atomic E-state index is 0.183. The van der Waals surface area contributed by atoms with Gasteiger partial charge >= 0.3 is 6.09 Å². The van der Waals surface area contributed by atoms with Gasteiger partial charge in [-0.1, -0.05) is 13.3 Å². The predicted molar refractivity (Wildman–Crippen MR) is 116 cm³/mol. The zero-order chi connectivity index (χ0) is 23.2. The molecule has 172 valence electrons. The van der Waals surface area contributed by atoms with Gasteiger partial charge in [0.25, 0.3) is 5.91 Å². The van der Waals surface area contributed by atoms with E-state index in [1.165, 1.54) is 24.3 Å². The highest BCUT2D eigenvalue weighted by Gasteiger charge is 2.39. The Morgan fingerprint density at radius 3 is 2.16 bits per heavy atom. The molecule has 1 saturated heterocycles. The molecule has 1 aromatic carbocycles. The van der Waals surface area contributed by atoms with Gasteiger partial charge in [-0.2, -0.15) is 0 Å². The molecule has 0 spiro atoms. The molecule has 0 bridgehead atoms. The van der Waals surface area contributed by atoms with Crippen LogP contribution in [0.3, 0.4) is 0 Å². The summed E-state index contributed by atoms with van der Waals surface area (Å²) in [5.74, 6) is -0.759. The van der Waals surface area contributed by atoms with Gasteiger partial charge in [-0.3, -0.25) is 9.59 Å². The number of ether oxygens (including phenoxy) is 1. The molecule has 1 aliphatic rings. The van der Waals surface area contributed by atoms with Crippen LogP contribution in [0.15, 0.2) is 24.3 Å². The molecule has 2 rings (SSSR count). The zero-order valence-corrected chi connectivity index (χ0v) is 19.2. The van der Waals surface area contributed by atoms with Gasteiger partial charge < -0.3 is 19.9 Å². The van der Waals surface area contributed by atoms with E-state index in [0.29, 0.717) is 51.0 Å². The quantitative estimate of drug-likeness (QED) is 0.767. The largest absolute Gasteiger partial charge is 0.444 e. The van der Waals surface area contributed by atoms with Crippen LogP contribution >= 0.6 is 0 Å². The van der Waals surface area contributed by atoms with Crippen molar-refractivity contribution in [2.45, 2.75) is 65.0 Å². The van der Waals surface area contributed by atoms with Crippen molar-refractivity contribution >= 4 is 17.9 Å². The lowest BCUT2D eigenvalue weighted by Gasteiger charge is -2.35. The Kier molecular flexibility index (Phi) is 8.03. The highest BCUT2D eigenvalue weighted by molar-refractivity contribution is 5.94. The Bertz CT molecular complexity index is 791. The third kappa shape index (κ3) is 6.94. The summed E-state index contributed by atoms with van der Waals surface area (Å²) in [6, 6.07) is 5.46. The zero-order valence-electron chi connectivity index (χ0n) is 19.2. The molecule has 0 radical (unpaired) electrons. The number of halogens is 1. The van der Waals surface area contributed by atoms with Crippen molar-refractivity contribution in [3.05, 3.63) is 35.6 Å². The van der Waals surface area contributed by atoms with Crippen molar-refractivity contribution in [2.75, 3.05) is 26.2 Å². The molecule has 1 fully saturated rings. The molecule has 1 atom stereocenters. The summed E-state index contributed by atoms with van der Waals surface area (Å²) in [5.41, 5.74) is -1.33. The molecule has 0 aromatic heterocycles. The summed E-state index contributed by atoms with van der Waals surface area (Å²) in [4.78, 5) is 41.8. The number of alkyl carbamates (subject to hydrolysis) is 1. The second-order valence-corrected chi connectivity index (χ2v) is 9.15. The number of carbonyl (C=O) groups excluding carboxylic acids is 3. The first-order valence-electron chi connectivity index (χ1n) is 10.8. The number of hydrogen-bond acceptors (Lipinski definition) is 4. The maximum atomic E-state index is 13.4. The first-order chi connectivity index (χ1) is 14.4. The summed E-state index contributed by atoms with van der Waals surface area (Å²) in [6.45, 7) is 10.7. The number of hydrogen-bond donors (Lipinski definition) is 1. The Labute approximate surface area is 183 Å². The number of rotatable bonds is 5. The SMILES string of the molecule is CCCC(C)(NC(=O)OC(C)(C)C)C(=O)N1CCCN(C(=O)c2ccc(F)cc2)CC1. The Hall–Kier alpha value is -2.64. The Morgan fingerprint density at radius 2 is 1.58 bits per heavy atom. The lowest BCUT2D eigenvalue weighted by Crippen LogP contribution is -2.59. The van der Waals surface area contributed by atoms with Crippen LogP contribution in [0.4, 0.5) is 9.18 Å². The fourth-order valence-electron chi connectivity index (χ4n) is 3.70. The minimum Gasteiger partial charge on any atom is -0.444 e. The molecule has 1 N–H and O–H groups in total. The minimum atomic E-state index is -1.09. The molecule has 1 aromatic rings. The van der Waals surface area contributed by atoms with Gasteiger partial charge in [0.2, 0.25) is 5.91 Å². The highest BCUT2D eigenvalue weighted by atomic mass is 19.1. The van der Waals surface area contributed by atoms with E-state index < -0.39 is 23.1 Å². The summed E-state index contributed by atoms with van der Waals surface area (Å²) >= 11 is 0. The van der Waals surface area contributed by atoms with Gasteiger partial charge in [0.1, 0.15) is 17.0 Å². The van der Waals surface area contributed by atoms with Crippen LogP contribution in [-0.2, 0) is 9.53 Å². The van der Waals surface area contributed by atoms with Gasteiger partial charge in [-0.05, 0) is 64.8 Å². The van der Waals surface area contributed by atoms with E-state index in [1.54, 1.807) is 37.5 Å². The summed E-state index contributed by atoms with van der Waals surface area (Å²) in [6.07, 6.45) is 1.17. The number of nitrogens with zero attached hydrogens (tertiary/aromatic N) is 2. The molecule has 0 saturated carbocycles. The number of carbonyl (C=O) groups is 3. The van der Waals surface area contributed by atoms with Gasteiger partial charge in [0.15, 0.2) is 0 Å². The van der Waals surface area contributed by atoms with Gasteiger partial charge in [-0.25, -0.2) is 9.18 Å². The van der Waals surface area contributed by atoms with Crippen molar-refractivity contribution in [2.24, 2.45) is 0 Å². The van der Waals surface area contributed by atoms with Crippen LogP contribution in [-0.4, -0.2) is 65.0 Å². The molecule has 0 aliphatic carbocycles. The molecular weight excluding hydrogens is 401 g/mol. The lowest BCUT2D eigenvalue weighted by atomic mass is 9.94. The molecule has 8 heteroatoms. The van der Waals surface area contributed by atoms with Gasteiger partial charge in [0, 0.05) is 31.7 Å². The average molecular weight is 436 g/mol.